The van der Waals surface area contributed by atoms with Crippen molar-refractivity contribution >= 4 is 11.6 Å². The Morgan fingerprint density at radius 1 is 1.29 bits per heavy atom. The monoisotopic (exact) mass is 341 g/mol. The maximum atomic E-state index is 12.8. The molecule has 0 unspecified atom stereocenters. The topological polar surface area (TPSA) is 56.2 Å². The van der Waals surface area contributed by atoms with Crippen LogP contribution in [-0.2, 0) is 24.6 Å². The molecule has 0 atom stereocenters. The Labute approximate surface area is 137 Å². The number of nitrogens with zero attached hydrogens (tertiary/aromatic N) is 2. The second-order valence-corrected chi connectivity index (χ2v) is 5.53. The Morgan fingerprint density at radius 3 is 2.38 bits per heavy atom. The Kier molecular flexibility index (Phi) is 4.98. The van der Waals surface area contributed by atoms with Crippen LogP contribution < -0.4 is 5.32 Å². The molecule has 8 heteroatoms. The fraction of sp³-hybridized carbons (Fsp3) is 0.375. The molecule has 0 aliphatic rings. The Morgan fingerprint density at radius 2 is 1.88 bits per heavy atom. The molecule has 2 aromatic rings. The van der Waals surface area contributed by atoms with E-state index in [4.69, 9.17) is 4.74 Å². The van der Waals surface area contributed by atoms with Gasteiger partial charge in [0.1, 0.15) is 5.69 Å². The number of ether oxygens (including phenoxy) is 1. The summed E-state index contributed by atoms with van der Waals surface area (Å²) >= 11 is 0. The summed E-state index contributed by atoms with van der Waals surface area (Å²) in [4.78, 5) is 12.5. The number of amides is 1. The van der Waals surface area contributed by atoms with E-state index in [-0.39, 0.29) is 6.61 Å². The van der Waals surface area contributed by atoms with Gasteiger partial charge in [0.15, 0.2) is 0 Å². The smallest absolute Gasteiger partial charge is 0.378 e. The molecule has 0 fully saturated rings. The number of rotatable bonds is 4. The number of halogens is 3. The molecule has 0 bridgehead atoms. The minimum atomic E-state index is -4.42. The van der Waals surface area contributed by atoms with Crippen LogP contribution in [0, 0.1) is 13.8 Å². The number of nitrogens with one attached hydrogen (secondary N) is 1. The molecule has 0 aliphatic carbocycles. The van der Waals surface area contributed by atoms with E-state index in [0.29, 0.717) is 28.1 Å². The standard InChI is InChI=1S/C16H18F3N3O2/c1-9-5-11(16(17,18)19)6-10(2)14(9)20-15(23)12-7-22(3)21-13(12)8-24-4/h5-7H,8H2,1-4H3,(H,20,23). The average molecular weight is 341 g/mol. The van der Waals surface area contributed by atoms with Crippen molar-refractivity contribution in [3.63, 3.8) is 0 Å². The Hall–Kier alpha value is -2.35. The summed E-state index contributed by atoms with van der Waals surface area (Å²) in [5, 5.41) is 6.81. The molecule has 2 rings (SSSR count). The van der Waals surface area contributed by atoms with Crippen molar-refractivity contribution in [3.05, 3.63) is 46.3 Å². The van der Waals surface area contributed by atoms with Crippen molar-refractivity contribution in [2.24, 2.45) is 7.05 Å². The lowest BCUT2D eigenvalue weighted by Gasteiger charge is -2.15. The molecule has 24 heavy (non-hydrogen) atoms. The Balaban J connectivity index is 2.33. The third-order valence-electron chi connectivity index (χ3n) is 3.53. The zero-order valence-electron chi connectivity index (χ0n) is 13.8. The first kappa shape index (κ1) is 18.0. The predicted molar refractivity (Wildman–Crippen MR) is 82.8 cm³/mol. The van der Waals surface area contributed by atoms with Gasteiger partial charge in [-0.1, -0.05) is 0 Å². The van der Waals surface area contributed by atoms with E-state index in [1.165, 1.54) is 25.6 Å². The SMILES string of the molecule is COCc1nn(C)cc1C(=O)Nc1c(C)cc(C(F)(F)F)cc1C. The van der Waals surface area contributed by atoms with Crippen LogP contribution in [0.3, 0.4) is 0 Å². The van der Waals surface area contributed by atoms with Crippen molar-refractivity contribution in [1.29, 1.82) is 0 Å². The first-order chi connectivity index (χ1) is 11.1. The third-order valence-corrected chi connectivity index (χ3v) is 3.53. The number of benzene rings is 1. The third kappa shape index (κ3) is 3.76. The lowest BCUT2D eigenvalue weighted by Crippen LogP contribution is -2.16. The number of methoxy groups -OCH3 is 1. The number of alkyl halides is 3. The van der Waals surface area contributed by atoms with Gasteiger partial charge in [0.05, 0.1) is 17.7 Å². The maximum Gasteiger partial charge on any atom is 0.416 e. The van der Waals surface area contributed by atoms with Gasteiger partial charge in [-0.25, -0.2) is 0 Å². The minimum absolute atomic E-state index is 0.161. The summed E-state index contributed by atoms with van der Waals surface area (Å²) in [5.74, 6) is -0.443. The van der Waals surface area contributed by atoms with Crippen LogP contribution >= 0.6 is 0 Å². The molecule has 1 aromatic heterocycles. The Bertz CT molecular complexity index is 743. The summed E-state index contributed by atoms with van der Waals surface area (Å²) in [6.45, 7) is 3.21. The highest BCUT2D eigenvalue weighted by molar-refractivity contribution is 6.05. The molecule has 1 heterocycles. The fourth-order valence-electron chi connectivity index (χ4n) is 2.47. The number of hydrogen-bond acceptors (Lipinski definition) is 3. The van der Waals surface area contributed by atoms with Crippen LogP contribution in [-0.4, -0.2) is 22.8 Å². The molecular formula is C16H18F3N3O2. The van der Waals surface area contributed by atoms with E-state index in [0.717, 1.165) is 12.1 Å². The van der Waals surface area contributed by atoms with Crippen LogP contribution in [0.25, 0.3) is 0 Å². The highest BCUT2D eigenvalue weighted by atomic mass is 19.4. The second kappa shape index (κ2) is 6.64. The van der Waals surface area contributed by atoms with Crippen LogP contribution in [0.4, 0.5) is 18.9 Å². The lowest BCUT2D eigenvalue weighted by molar-refractivity contribution is -0.137. The first-order valence-electron chi connectivity index (χ1n) is 7.14. The molecule has 0 spiro atoms. The molecule has 1 aromatic carbocycles. The number of anilines is 1. The minimum Gasteiger partial charge on any atom is -0.378 e. The summed E-state index contributed by atoms with van der Waals surface area (Å²) in [6, 6.07) is 2.03. The average Bonchev–Trinajstić information content (AvgIpc) is 2.82. The summed E-state index contributed by atoms with van der Waals surface area (Å²) in [5.41, 5.74) is 1.08. The van der Waals surface area contributed by atoms with Crippen LogP contribution in [0.15, 0.2) is 18.3 Å². The van der Waals surface area contributed by atoms with Crippen molar-refractivity contribution in [1.82, 2.24) is 9.78 Å². The zero-order chi connectivity index (χ0) is 18.1. The molecule has 1 N–H and O–H groups in total. The molecular weight excluding hydrogens is 323 g/mol. The number of carbonyl (C=O) groups is 1. The number of aromatic nitrogens is 2. The van der Waals surface area contributed by atoms with E-state index in [1.54, 1.807) is 13.2 Å². The normalized spacial score (nSPS) is 11.6. The summed E-state index contributed by atoms with van der Waals surface area (Å²) in [7, 11) is 3.16. The van der Waals surface area contributed by atoms with Crippen LogP contribution in [0.5, 0.6) is 0 Å². The van der Waals surface area contributed by atoms with Crippen molar-refractivity contribution in [2.45, 2.75) is 26.6 Å². The van der Waals surface area contributed by atoms with Crippen molar-refractivity contribution in [2.75, 3.05) is 12.4 Å². The molecule has 1 amide bonds. The quantitative estimate of drug-likeness (QED) is 0.927. The summed E-state index contributed by atoms with van der Waals surface area (Å²) < 4.78 is 45.0. The van der Waals surface area contributed by atoms with Crippen LogP contribution in [0.1, 0.15) is 32.7 Å². The van der Waals surface area contributed by atoms with Crippen molar-refractivity contribution < 1.29 is 22.7 Å². The fourth-order valence-corrected chi connectivity index (χ4v) is 2.47. The predicted octanol–water partition coefficient (Wildman–Crippen LogP) is 3.45. The van der Waals surface area contributed by atoms with E-state index in [2.05, 4.69) is 10.4 Å². The van der Waals surface area contributed by atoms with Gasteiger partial charge in [0.25, 0.3) is 5.91 Å². The van der Waals surface area contributed by atoms with E-state index >= 15 is 0 Å². The molecule has 0 saturated heterocycles. The largest absolute Gasteiger partial charge is 0.416 e. The van der Waals surface area contributed by atoms with E-state index < -0.39 is 17.6 Å². The number of carbonyl (C=O) groups excluding carboxylic acids is 1. The van der Waals surface area contributed by atoms with Gasteiger partial charge in [-0.05, 0) is 37.1 Å². The van der Waals surface area contributed by atoms with Gasteiger partial charge >= 0.3 is 6.18 Å². The number of aryl methyl sites for hydroxylation is 3. The highest BCUT2D eigenvalue weighted by Crippen LogP contribution is 2.33. The first-order valence-corrected chi connectivity index (χ1v) is 7.14. The van der Waals surface area contributed by atoms with E-state index in [9.17, 15) is 18.0 Å². The molecule has 130 valence electrons. The van der Waals surface area contributed by atoms with E-state index in [1.807, 2.05) is 0 Å². The highest BCUT2D eigenvalue weighted by Gasteiger charge is 2.31. The van der Waals surface area contributed by atoms with Gasteiger partial charge in [-0.3, -0.25) is 9.48 Å². The van der Waals surface area contributed by atoms with Gasteiger partial charge < -0.3 is 10.1 Å². The molecule has 5 nitrogen and oxygen atoms in total. The molecule has 0 saturated carbocycles. The van der Waals surface area contributed by atoms with Gasteiger partial charge in [-0.15, -0.1) is 0 Å². The molecule has 0 aliphatic heterocycles. The van der Waals surface area contributed by atoms with Gasteiger partial charge in [0, 0.05) is 26.0 Å². The lowest BCUT2D eigenvalue weighted by atomic mass is 10.0. The van der Waals surface area contributed by atoms with Gasteiger partial charge in [-0.2, -0.15) is 18.3 Å². The maximum absolute atomic E-state index is 12.8. The summed E-state index contributed by atoms with van der Waals surface area (Å²) in [6.07, 6.45) is -2.88. The number of hydrogen-bond donors (Lipinski definition) is 1. The zero-order valence-corrected chi connectivity index (χ0v) is 13.8. The second-order valence-electron chi connectivity index (χ2n) is 5.53. The van der Waals surface area contributed by atoms with Crippen molar-refractivity contribution in [3.8, 4) is 0 Å². The molecule has 0 radical (unpaired) electrons. The van der Waals surface area contributed by atoms with Gasteiger partial charge in [0.2, 0.25) is 0 Å². The van der Waals surface area contributed by atoms with Crippen LogP contribution in [0.2, 0.25) is 0 Å².